The molecule has 0 aliphatic rings. The highest BCUT2D eigenvalue weighted by Crippen LogP contribution is 2.30. The van der Waals surface area contributed by atoms with Crippen molar-refractivity contribution < 1.29 is 23.0 Å². The van der Waals surface area contributed by atoms with Crippen LogP contribution in [-0.2, 0) is 12.0 Å². The van der Waals surface area contributed by atoms with Crippen LogP contribution in [0.25, 0.3) is 0 Å². The molecule has 1 aromatic carbocycles. The molecule has 1 aromatic rings. The van der Waals surface area contributed by atoms with Gasteiger partial charge < -0.3 is 9.84 Å². The van der Waals surface area contributed by atoms with Crippen LogP contribution in [0.4, 0.5) is 13.2 Å². The van der Waals surface area contributed by atoms with Crippen molar-refractivity contribution in [2.75, 3.05) is 0 Å². The van der Waals surface area contributed by atoms with Gasteiger partial charge in [-0.1, -0.05) is 26.8 Å². The summed E-state index contributed by atoms with van der Waals surface area (Å²) in [7, 11) is 0. The van der Waals surface area contributed by atoms with Crippen LogP contribution in [0.5, 0.6) is 5.75 Å². The molecule has 17 heavy (non-hydrogen) atoms. The van der Waals surface area contributed by atoms with Gasteiger partial charge >= 0.3 is 6.36 Å². The lowest BCUT2D eigenvalue weighted by molar-refractivity contribution is -0.274. The summed E-state index contributed by atoms with van der Waals surface area (Å²) in [5.74, 6) is -0.297. The molecule has 0 aromatic heterocycles. The number of hydrogen-bond acceptors (Lipinski definition) is 2. The molecule has 0 fully saturated rings. The SMILES string of the molecule is CC(C)(C)c1cc(CO)cc(OC(F)(F)F)c1. The zero-order valence-electron chi connectivity index (χ0n) is 9.93. The van der Waals surface area contributed by atoms with Crippen molar-refractivity contribution in [1.29, 1.82) is 0 Å². The van der Waals surface area contributed by atoms with E-state index in [0.29, 0.717) is 11.1 Å². The summed E-state index contributed by atoms with van der Waals surface area (Å²) in [6.45, 7) is 5.31. The van der Waals surface area contributed by atoms with Gasteiger partial charge in [-0.3, -0.25) is 0 Å². The van der Waals surface area contributed by atoms with Gasteiger partial charge in [-0.15, -0.1) is 13.2 Å². The minimum atomic E-state index is -4.72. The molecule has 5 heteroatoms. The molecular formula is C12H15F3O2. The predicted molar refractivity (Wildman–Crippen MR) is 57.7 cm³/mol. The van der Waals surface area contributed by atoms with E-state index in [2.05, 4.69) is 4.74 Å². The van der Waals surface area contributed by atoms with Crippen LogP contribution in [0.1, 0.15) is 31.9 Å². The quantitative estimate of drug-likeness (QED) is 0.869. The average molecular weight is 248 g/mol. The van der Waals surface area contributed by atoms with Crippen LogP contribution in [0, 0.1) is 0 Å². The molecule has 0 spiro atoms. The van der Waals surface area contributed by atoms with Gasteiger partial charge in [-0.25, -0.2) is 0 Å². The van der Waals surface area contributed by atoms with Gasteiger partial charge in [-0.05, 0) is 28.7 Å². The summed E-state index contributed by atoms with van der Waals surface area (Å²) in [6, 6.07) is 4.19. The largest absolute Gasteiger partial charge is 0.573 e. The van der Waals surface area contributed by atoms with E-state index < -0.39 is 6.36 Å². The first kappa shape index (κ1) is 13.8. The van der Waals surface area contributed by atoms with Gasteiger partial charge in [0, 0.05) is 0 Å². The summed E-state index contributed by atoms with van der Waals surface area (Å²) < 4.78 is 40.2. The Morgan fingerprint density at radius 3 is 2.12 bits per heavy atom. The van der Waals surface area contributed by atoms with E-state index in [9.17, 15) is 13.2 Å². The monoisotopic (exact) mass is 248 g/mol. The molecule has 96 valence electrons. The summed E-state index contributed by atoms with van der Waals surface area (Å²) >= 11 is 0. The number of aliphatic hydroxyl groups excluding tert-OH is 1. The number of benzene rings is 1. The van der Waals surface area contributed by atoms with Crippen LogP contribution >= 0.6 is 0 Å². The molecule has 0 amide bonds. The maximum Gasteiger partial charge on any atom is 0.573 e. The molecule has 0 heterocycles. The molecule has 1 rings (SSSR count). The highest BCUT2D eigenvalue weighted by Gasteiger charge is 2.31. The van der Waals surface area contributed by atoms with Crippen molar-refractivity contribution in [2.45, 2.75) is 39.2 Å². The Bertz CT molecular complexity index is 392. The lowest BCUT2D eigenvalue weighted by Crippen LogP contribution is -2.18. The molecule has 0 radical (unpaired) electrons. The third kappa shape index (κ3) is 4.26. The standard InChI is InChI=1S/C12H15F3O2/c1-11(2,3)9-4-8(7-16)5-10(6-9)17-12(13,14)15/h4-6,16H,7H2,1-3H3. The second kappa shape index (κ2) is 4.56. The summed E-state index contributed by atoms with van der Waals surface area (Å²) in [5, 5.41) is 9.01. The van der Waals surface area contributed by atoms with Gasteiger partial charge in [-0.2, -0.15) is 0 Å². The van der Waals surface area contributed by atoms with Crippen LogP contribution in [0.3, 0.4) is 0 Å². The molecule has 2 nitrogen and oxygen atoms in total. The van der Waals surface area contributed by atoms with E-state index >= 15 is 0 Å². The first-order valence-electron chi connectivity index (χ1n) is 5.13. The predicted octanol–water partition coefficient (Wildman–Crippen LogP) is 3.38. The lowest BCUT2D eigenvalue weighted by atomic mass is 9.86. The van der Waals surface area contributed by atoms with Gasteiger partial charge in [0.05, 0.1) is 6.61 Å². The summed E-state index contributed by atoms with van der Waals surface area (Å²) in [4.78, 5) is 0. The van der Waals surface area contributed by atoms with Gasteiger partial charge in [0.1, 0.15) is 5.75 Å². The van der Waals surface area contributed by atoms with Crippen molar-refractivity contribution in [3.8, 4) is 5.75 Å². The topological polar surface area (TPSA) is 29.5 Å². The van der Waals surface area contributed by atoms with Gasteiger partial charge in [0.25, 0.3) is 0 Å². The summed E-state index contributed by atoms with van der Waals surface area (Å²) in [5.41, 5.74) is 0.773. The smallest absolute Gasteiger partial charge is 0.406 e. The van der Waals surface area contributed by atoms with Crippen molar-refractivity contribution in [3.63, 3.8) is 0 Å². The molecule has 0 aliphatic carbocycles. The van der Waals surface area contributed by atoms with Crippen LogP contribution in [-0.4, -0.2) is 11.5 Å². The second-order valence-corrected chi connectivity index (χ2v) is 4.82. The zero-order chi connectivity index (χ0) is 13.3. The number of ether oxygens (including phenoxy) is 1. The molecule has 1 N–H and O–H groups in total. The highest BCUT2D eigenvalue weighted by atomic mass is 19.4. The first-order chi connectivity index (χ1) is 7.62. The van der Waals surface area contributed by atoms with Crippen molar-refractivity contribution in [3.05, 3.63) is 29.3 Å². The van der Waals surface area contributed by atoms with E-state index in [4.69, 9.17) is 5.11 Å². The van der Waals surface area contributed by atoms with Gasteiger partial charge in [0.2, 0.25) is 0 Å². The third-order valence-electron chi connectivity index (χ3n) is 2.25. The van der Waals surface area contributed by atoms with E-state index in [-0.39, 0.29) is 17.8 Å². The zero-order valence-corrected chi connectivity index (χ0v) is 9.93. The van der Waals surface area contributed by atoms with Gasteiger partial charge in [0.15, 0.2) is 0 Å². The fraction of sp³-hybridized carbons (Fsp3) is 0.500. The molecule has 0 aliphatic heterocycles. The Kier molecular flexibility index (Phi) is 3.71. The molecule has 0 unspecified atom stereocenters. The van der Waals surface area contributed by atoms with E-state index in [1.165, 1.54) is 12.1 Å². The van der Waals surface area contributed by atoms with Crippen molar-refractivity contribution >= 4 is 0 Å². The van der Waals surface area contributed by atoms with E-state index in [1.54, 1.807) is 6.07 Å². The first-order valence-corrected chi connectivity index (χ1v) is 5.13. The molecule has 0 saturated heterocycles. The number of rotatable bonds is 2. The van der Waals surface area contributed by atoms with Crippen LogP contribution < -0.4 is 4.74 Å². The number of halogens is 3. The number of alkyl halides is 3. The third-order valence-corrected chi connectivity index (χ3v) is 2.25. The highest BCUT2D eigenvalue weighted by molar-refractivity contribution is 5.37. The normalized spacial score (nSPS) is 12.6. The maximum absolute atomic E-state index is 12.1. The van der Waals surface area contributed by atoms with E-state index in [0.717, 1.165) is 0 Å². The van der Waals surface area contributed by atoms with Crippen LogP contribution in [0.2, 0.25) is 0 Å². The fourth-order valence-electron chi connectivity index (χ4n) is 1.38. The minimum absolute atomic E-state index is 0.297. The molecule has 0 saturated carbocycles. The molecule has 0 bridgehead atoms. The Labute approximate surface area is 98.0 Å². The average Bonchev–Trinajstić information content (AvgIpc) is 2.13. The van der Waals surface area contributed by atoms with Crippen LogP contribution in [0.15, 0.2) is 18.2 Å². The number of aliphatic hydroxyl groups is 1. The molecular weight excluding hydrogens is 233 g/mol. The maximum atomic E-state index is 12.1. The Balaban J connectivity index is 3.15. The minimum Gasteiger partial charge on any atom is -0.406 e. The van der Waals surface area contributed by atoms with Crippen molar-refractivity contribution in [1.82, 2.24) is 0 Å². The fourth-order valence-corrected chi connectivity index (χ4v) is 1.38. The summed E-state index contributed by atoms with van der Waals surface area (Å²) in [6.07, 6.45) is -4.72. The van der Waals surface area contributed by atoms with E-state index in [1.807, 2.05) is 20.8 Å². The molecule has 0 atom stereocenters. The van der Waals surface area contributed by atoms with Crippen molar-refractivity contribution in [2.24, 2.45) is 0 Å². The lowest BCUT2D eigenvalue weighted by Gasteiger charge is -2.21. The Morgan fingerprint density at radius 2 is 1.71 bits per heavy atom. The Hall–Kier alpha value is -1.23. The number of hydrogen-bond donors (Lipinski definition) is 1. The Morgan fingerprint density at radius 1 is 1.12 bits per heavy atom. The second-order valence-electron chi connectivity index (χ2n) is 4.82.